The van der Waals surface area contributed by atoms with E-state index in [2.05, 4.69) is 15.6 Å². The number of rotatable bonds is 4. The topological polar surface area (TPSA) is 54.0 Å². The molecule has 4 nitrogen and oxygen atoms in total. The van der Waals surface area contributed by atoms with E-state index in [1.54, 1.807) is 6.20 Å². The average molecular weight is 345 g/mol. The maximum absolute atomic E-state index is 12.8. The number of hydrogen-bond donors (Lipinski definition) is 2. The smallest absolute Gasteiger partial charge is 0.257 e. The van der Waals surface area contributed by atoms with Gasteiger partial charge in [-0.2, -0.15) is 0 Å². The Kier molecular flexibility index (Phi) is 4.82. The Bertz CT molecular complexity index is 916. The number of nitrogens with one attached hydrogen (secondary N) is 2. The van der Waals surface area contributed by atoms with E-state index >= 15 is 0 Å². The molecule has 1 heterocycles. The monoisotopic (exact) mass is 345 g/mol. The second-order valence-corrected chi connectivity index (χ2v) is 6.90. The summed E-state index contributed by atoms with van der Waals surface area (Å²) in [4.78, 5) is 17.2. The van der Waals surface area contributed by atoms with Crippen LogP contribution in [0, 0.1) is 0 Å². The molecular formula is C22H23N3O. The van der Waals surface area contributed by atoms with Gasteiger partial charge in [0.25, 0.3) is 5.91 Å². The lowest BCUT2D eigenvalue weighted by Crippen LogP contribution is -2.24. The van der Waals surface area contributed by atoms with Crippen LogP contribution in [0.1, 0.15) is 42.5 Å². The number of amides is 1. The highest BCUT2D eigenvalue weighted by Crippen LogP contribution is 2.25. The van der Waals surface area contributed by atoms with Gasteiger partial charge in [0.2, 0.25) is 0 Å². The lowest BCUT2D eigenvalue weighted by Gasteiger charge is -2.25. The Morgan fingerprint density at radius 1 is 0.962 bits per heavy atom. The number of benzene rings is 2. The fourth-order valence-corrected chi connectivity index (χ4v) is 3.61. The van der Waals surface area contributed by atoms with E-state index in [1.165, 1.54) is 32.1 Å². The highest BCUT2D eigenvalue weighted by molar-refractivity contribution is 6.08. The van der Waals surface area contributed by atoms with Crippen LogP contribution in [0.3, 0.4) is 0 Å². The van der Waals surface area contributed by atoms with Crippen LogP contribution < -0.4 is 10.6 Å². The quantitative estimate of drug-likeness (QED) is 0.680. The molecule has 0 bridgehead atoms. The summed E-state index contributed by atoms with van der Waals surface area (Å²) >= 11 is 0. The number of fused-ring (bicyclic) bond motifs is 1. The van der Waals surface area contributed by atoms with Crippen LogP contribution in [0.25, 0.3) is 10.9 Å². The van der Waals surface area contributed by atoms with Crippen LogP contribution in [0.2, 0.25) is 0 Å². The number of hydrogen-bond acceptors (Lipinski definition) is 3. The van der Waals surface area contributed by atoms with Crippen molar-refractivity contribution in [3.8, 4) is 0 Å². The van der Waals surface area contributed by atoms with Crippen molar-refractivity contribution < 1.29 is 4.79 Å². The SMILES string of the molecule is O=C(Nc1cnc2ccccc2c1)c1ccccc1NC1CCCCC1. The zero-order valence-electron chi connectivity index (χ0n) is 14.7. The van der Waals surface area contributed by atoms with Gasteiger partial charge < -0.3 is 10.6 Å². The predicted molar refractivity (Wildman–Crippen MR) is 107 cm³/mol. The molecule has 0 unspecified atom stereocenters. The third kappa shape index (κ3) is 3.69. The molecular weight excluding hydrogens is 322 g/mol. The normalized spacial score (nSPS) is 14.9. The summed E-state index contributed by atoms with van der Waals surface area (Å²) in [5.74, 6) is -0.110. The number of carbonyl (C=O) groups is 1. The van der Waals surface area contributed by atoms with Crippen molar-refractivity contribution in [2.75, 3.05) is 10.6 Å². The molecule has 1 amide bonds. The van der Waals surface area contributed by atoms with Gasteiger partial charge in [-0.3, -0.25) is 9.78 Å². The third-order valence-electron chi connectivity index (χ3n) is 4.98. The standard InChI is InChI=1S/C22H23N3O/c26-22(25-18-14-16-8-4-6-12-20(16)23-15-18)19-11-5-7-13-21(19)24-17-9-2-1-3-10-17/h4-8,11-15,17,24H,1-3,9-10H2,(H,25,26). The van der Waals surface area contributed by atoms with Gasteiger partial charge in [-0.1, -0.05) is 49.6 Å². The molecule has 0 radical (unpaired) electrons. The molecule has 1 saturated carbocycles. The maximum Gasteiger partial charge on any atom is 0.257 e. The van der Waals surface area contributed by atoms with Crippen LogP contribution in [-0.2, 0) is 0 Å². The van der Waals surface area contributed by atoms with Gasteiger partial charge in [0.15, 0.2) is 0 Å². The first-order valence-corrected chi connectivity index (χ1v) is 9.31. The van der Waals surface area contributed by atoms with Gasteiger partial charge in [0, 0.05) is 17.1 Å². The molecule has 2 aromatic carbocycles. The van der Waals surface area contributed by atoms with Crippen LogP contribution in [0.5, 0.6) is 0 Å². The number of para-hydroxylation sites is 2. The summed E-state index contributed by atoms with van der Waals surface area (Å²) in [5, 5.41) is 7.57. The minimum Gasteiger partial charge on any atom is -0.382 e. The fourth-order valence-electron chi connectivity index (χ4n) is 3.61. The van der Waals surface area contributed by atoms with E-state index in [-0.39, 0.29) is 5.91 Å². The molecule has 26 heavy (non-hydrogen) atoms. The van der Waals surface area contributed by atoms with E-state index in [0.29, 0.717) is 17.3 Å². The van der Waals surface area contributed by atoms with Crippen molar-refractivity contribution in [1.29, 1.82) is 0 Å². The number of carbonyl (C=O) groups excluding carboxylic acids is 1. The Labute approximate surface area is 153 Å². The maximum atomic E-state index is 12.8. The molecule has 2 N–H and O–H groups in total. The summed E-state index contributed by atoms with van der Waals surface area (Å²) in [6.45, 7) is 0. The zero-order chi connectivity index (χ0) is 17.8. The molecule has 4 rings (SSSR count). The van der Waals surface area contributed by atoms with Crippen molar-refractivity contribution in [3.63, 3.8) is 0 Å². The van der Waals surface area contributed by atoms with Crippen LogP contribution >= 0.6 is 0 Å². The number of pyridine rings is 1. The van der Waals surface area contributed by atoms with Gasteiger partial charge in [-0.15, -0.1) is 0 Å². The van der Waals surface area contributed by atoms with Crippen molar-refractivity contribution in [2.45, 2.75) is 38.1 Å². The molecule has 0 spiro atoms. The molecule has 0 saturated heterocycles. The van der Waals surface area contributed by atoms with Crippen LogP contribution in [0.15, 0.2) is 60.8 Å². The lowest BCUT2D eigenvalue weighted by molar-refractivity contribution is 0.102. The first kappa shape index (κ1) is 16.6. The highest BCUT2D eigenvalue weighted by Gasteiger charge is 2.17. The Hall–Kier alpha value is -2.88. The average Bonchev–Trinajstić information content (AvgIpc) is 2.69. The molecule has 0 aliphatic heterocycles. The first-order chi connectivity index (χ1) is 12.8. The third-order valence-corrected chi connectivity index (χ3v) is 4.98. The molecule has 3 aromatic rings. The molecule has 1 fully saturated rings. The molecule has 1 aromatic heterocycles. The summed E-state index contributed by atoms with van der Waals surface area (Å²) in [7, 11) is 0. The number of nitrogens with zero attached hydrogens (tertiary/aromatic N) is 1. The minimum atomic E-state index is -0.110. The minimum absolute atomic E-state index is 0.110. The van der Waals surface area contributed by atoms with Crippen molar-refractivity contribution in [3.05, 3.63) is 66.4 Å². The van der Waals surface area contributed by atoms with Crippen LogP contribution in [-0.4, -0.2) is 16.9 Å². The van der Waals surface area contributed by atoms with Gasteiger partial charge in [0.1, 0.15) is 0 Å². The highest BCUT2D eigenvalue weighted by atomic mass is 16.1. The number of aromatic nitrogens is 1. The van der Waals surface area contributed by atoms with Gasteiger partial charge >= 0.3 is 0 Å². The predicted octanol–water partition coefficient (Wildman–Crippen LogP) is 5.23. The zero-order valence-corrected chi connectivity index (χ0v) is 14.7. The lowest BCUT2D eigenvalue weighted by atomic mass is 9.95. The van der Waals surface area contributed by atoms with Crippen LogP contribution in [0.4, 0.5) is 11.4 Å². The largest absolute Gasteiger partial charge is 0.382 e. The summed E-state index contributed by atoms with van der Waals surface area (Å²) in [6, 6.07) is 18.0. The van der Waals surface area contributed by atoms with Gasteiger partial charge in [-0.25, -0.2) is 0 Å². The first-order valence-electron chi connectivity index (χ1n) is 9.31. The van der Waals surface area contributed by atoms with Crippen molar-refractivity contribution in [1.82, 2.24) is 4.98 Å². The molecule has 1 aliphatic carbocycles. The Morgan fingerprint density at radius 2 is 1.73 bits per heavy atom. The second-order valence-electron chi connectivity index (χ2n) is 6.90. The Balaban J connectivity index is 1.53. The summed E-state index contributed by atoms with van der Waals surface area (Å²) in [5.41, 5.74) is 3.21. The fraction of sp³-hybridized carbons (Fsp3) is 0.273. The summed E-state index contributed by atoms with van der Waals surface area (Å²) in [6.07, 6.45) is 7.88. The van der Waals surface area contributed by atoms with Crippen molar-refractivity contribution >= 4 is 28.2 Å². The molecule has 4 heteroatoms. The van der Waals surface area contributed by atoms with E-state index in [4.69, 9.17) is 0 Å². The molecule has 0 atom stereocenters. The van der Waals surface area contributed by atoms with Gasteiger partial charge in [0.05, 0.1) is 23.0 Å². The van der Waals surface area contributed by atoms with E-state index in [0.717, 1.165) is 16.6 Å². The summed E-state index contributed by atoms with van der Waals surface area (Å²) < 4.78 is 0. The Morgan fingerprint density at radius 3 is 2.62 bits per heavy atom. The number of anilines is 2. The van der Waals surface area contributed by atoms with Gasteiger partial charge in [-0.05, 0) is 37.1 Å². The molecule has 1 aliphatic rings. The molecule has 132 valence electrons. The second kappa shape index (κ2) is 7.56. The van der Waals surface area contributed by atoms with E-state index in [9.17, 15) is 4.79 Å². The van der Waals surface area contributed by atoms with E-state index < -0.39 is 0 Å². The van der Waals surface area contributed by atoms with E-state index in [1.807, 2.05) is 54.6 Å². The van der Waals surface area contributed by atoms with Crippen molar-refractivity contribution in [2.24, 2.45) is 0 Å².